The maximum atomic E-state index is 5.91. The van der Waals surface area contributed by atoms with Crippen LogP contribution in [0, 0.1) is 0 Å². The average molecular weight is 284 g/mol. The molecule has 120 valence electrons. The molecule has 1 aliphatic rings. The van der Waals surface area contributed by atoms with Crippen molar-refractivity contribution in [2.45, 2.75) is 90.6 Å². The lowest BCUT2D eigenvalue weighted by Crippen LogP contribution is -2.42. The van der Waals surface area contributed by atoms with E-state index in [1.54, 1.807) is 0 Å². The molecular formula is C18H37NO. The number of hydrogen-bond acceptors (Lipinski definition) is 2. The van der Waals surface area contributed by atoms with E-state index in [-0.39, 0.29) is 0 Å². The van der Waals surface area contributed by atoms with Gasteiger partial charge in [-0.25, -0.2) is 0 Å². The molecule has 1 aliphatic heterocycles. The predicted molar refractivity (Wildman–Crippen MR) is 88.3 cm³/mol. The third-order valence-corrected chi connectivity index (χ3v) is 4.43. The Balaban J connectivity index is 1.93. The van der Waals surface area contributed by atoms with Crippen LogP contribution < -0.4 is 0 Å². The van der Waals surface area contributed by atoms with E-state index in [2.05, 4.69) is 18.7 Å². The van der Waals surface area contributed by atoms with Crippen LogP contribution in [0.1, 0.15) is 84.5 Å². The van der Waals surface area contributed by atoms with Gasteiger partial charge in [0, 0.05) is 13.1 Å². The minimum atomic E-state index is 0.515. The molecule has 1 saturated heterocycles. The molecule has 0 amide bonds. The van der Waals surface area contributed by atoms with E-state index in [1.165, 1.54) is 83.7 Å². The monoisotopic (exact) mass is 283 g/mol. The molecule has 2 nitrogen and oxygen atoms in total. The largest absolute Gasteiger partial charge is 0.376 e. The summed E-state index contributed by atoms with van der Waals surface area (Å²) in [6, 6.07) is 0. The predicted octanol–water partition coefficient (Wildman–Crippen LogP) is 5.02. The van der Waals surface area contributed by atoms with Gasteiger partial charge in [-0.05, 0) is 19.4 Å². The summed E-state index contributed by atoms with van der Waals surface area (Å²) in [5.74, 6) is 0. The molecule has 1 heterocycles. The zero-order valence-corrected chi connectivity index (χ0v) is 14.0. The second-order valence-corrected chi connectivity index (χ2v) is 6.41. The molecule has 0 aromatic rings. The Morgan fingerprint density at radius 2 is 1.50 bits per heavy atom. The molecule has 1 fully saturated rings. The molecule has 20 heavy (non-hydrogen) atoms. The van der Waals surface area contributed by atoms with Gasteiger partial charge in [-0.3, -0.25) is 4.90 Å². The Morgan fingerprint density at radius 3 is 2.20 bits per heavy atom. The highest BCUT2D eigenvalue weighted by molar-refractivity contribution is 4.71. The summed E-state index contributed by atoms with van der Waals surface area (Å²) in [5.41, 5.74) is 0. The van der Waals surface area contributed by atoms with Crippen LogP contribution in [0.15, 0.2) is 0 Å². The van der Waals surface area contributed by atoms with Crippen LogP contribution in [-0.2, 0) is 4.74 Å². The van der Waals surface area contributed by atoms with E-state index < -0.39 is 0 Å². The Kier molecular flexibility index (Phi) is 11.4. The minimum Gasteiger partial charge on any atom is -0.376 e. The van der Waals surface area contributed by atoms with Gasteiger partial charge in [-0.15, -0.1) is 0 Å². The van der Waals surface area contributed by atoms with Crippen molar-refractivity contribution in [2.24, 2.45) is 0 Å². The second-order valence-electron chi connectivity index (χ2n) is 6.41. The topological polar surface area (TPSA) is 12.5 Å². The fourth-order valence-corrected chi connectivity index (χ4v) is 3.05. The third-order valence-electron chi connectivity index (χ3n) is 4.43. The molecule has 0 aliphatic carbocycles. The smallest absolute Gasteiger partial charge is 0.0702 e. The second kappa shape index (κ2) is 12.6. The summed E-state index contributed by atoms with van der Waals surface area (Å²) in [5, 5.41) is 0. The average Bonchev–Trinajstić information content (AvgIpc) is 2.48. The number of rotatable bonds is 12. The first kappa shape index (κ1) is 18.0. The van der Waals surface area contributed by atoms with Gasteiger partial charge in [-0.2, -0.15) is 0 Å². The van der Waals surface area contributed by atoms with Gasteiger partial charge in [0.05, 0.1) is 12.7 Å². The number of unbranched alkanes of at least 4 members (excludes halogenated alkanes) is 8. The van der Waals surface area contributed by atoms with Crippen LogP contribution in [0.2, 0.25) is 0 Å². The van der Waals surface area contributed by atoms with Crippen molar-refractivity contribution in [1.82, 2.24) is 4.90 Å². The van der Waals surface area contributed by atoms with E-state index in [4.69, 9.17) is 4.74 Å². The van der Waals surface area contributed by atoms with Crippen LogP contribution >= 0.6 is 0 Å². The van der Waals surface area contributed by atoms with Crippen molar-refractivity contribution in [2.75, 3.05) is 26.2 Å². The quantitative estimate of drug-likeness (QED) is 0.466. The fourth-order valence-electron chi connectivity index (χ4n) is 3.05. The van der Waals surface area contributed by atoms with Gasteiger partial charge < -0.3 is 4.74 Å². The third kappa shape index (κ3) is 8.97. The normalized spacial score (nSPS) is 20.4. The Hall–Kier alpha value is -0.0800. The molecule has 0 aromatic carbocycles. The van der Waals surface area contributed by atoms with E-state index in [0.29, 0.717) is 6.10 Å². The summed E-state index contributed by atoms with van der Waals surface area (Å²) in [6.07, 6.45) is 15.7. The SMILES string of the molecule is CCCCCCCCCC[C@@H]1CN(CCCC)CCO1. The van der Waals surface area contributed by atoms with Gasteiger partial charge in [-0.1, -0.05) is 71.6 Å². The number of ether oxygens (including phenoxy) is 1. The molecular weight excluding hydrogens is 246 g/mol. The van der Waals surface area contributed by atoms with Gasteiger partial charge in [0.25, 0.3) is 0 Å². The highest BCUT2D eigenvalue weighted by atomic mass is 16.5. The zero-order chi connectivity index (χ0) is 14.5. The summed E-state index contributed by atoms with van der Waals surface area (Å²) in [4.78, 5) is 2.60. The van der Waals surface area contributed by atoms with Crippen molar-refractivity contribution in [3.63, 3.8) is 0 Å². The first-order valence-corrected chi connectivity index (χ1v) is 9.20. The van der Waals surface area contributed by atoms with Crippen molar-refractivity contribution < 1.29 is 4.74 Å². The van der Waals surface area contributed by atoms with Crippen molar-refractivity contribution >= 4 is 0 Å². The molecule has 0 aromatic heterocycles. The van der Waals surface area contributed by atoms with Crippen LogP contribution in [0.3, 0.4) is 0 Å². The van der Waals surface area contributed by atoms with Crippen molar-refractivity contribution in [3.05, 3.63) is 0 Å². The maximum Gasteiger partial charge on any atom is 0.0702 e. The molecule has 0 unspecified atom stereocenters. The van der Waals surface area contributed by atoms with Gasteiger partial charge in [0.1, 0.15) is 0 Å². The van der Waals surface area contributed by atoms with E-state index in [9.17, 15) is 0 Å². The highest BCUT2D eigenvalue weighted by Crippen LogP contribution is 2.15. The molecule has 0 radical (unpaired) electrons. The first-order valence-electron chi connectivity index (χ1n) is 9.20. The molecule has 0 saturated carbocycles. The molecule has 0 spiro atoms. The Morgan fingerprint density at radius 1 is 0.850 bits per heavy atom. The van der Waals surface area contributed by atoms with E-state index in [1.807, 2.05) is 0 Å². The molecule has 1 rings (SSSR count). The van der Waals surface area contributed by atoms with Crippen LogP contribution in [0.25, 0.3) is 0 Å². The lowest BCUT2D eigenvalue weighted by atomic mass is 10.0. The summed E-state index contributed by atoms with van der Waals surface area (Å²) >= 11 is 0. The maximum absolute atomic E-state index is 5.91. The van der Waals surface area contributed by atoms with Crippen molar-refractivity contribution in [3.8, 4) is 0 Å². The molecule has 1 atom stereocenters. The Bertz CT molecular complexity index is 208. The van der Waals surface area contributed by atoms with Crippen LogP contribution in [-0.4, -0.2) is 37.2 Å². The molecule has 0 bridgehead atoms. The Labute approximate surface area is 127 Å². The standard InChI is InChI=1S/C18H37NO/c1-3-5-7-8-9-10-11-12-13-18-17-19(14-6-4-2)15-16-20-18/h18H,3-17H2,1-2H3/t18-/m1/s1. The van der Waals surface area contributed by atoms with Gasteiger partial charge in [0.2, 0.25) is 0 Å². The first-order chi connectivity index (χ1) is 9.86. The number of hydrogen-bond donors (Lipinski definition) is 0. The zero-order valence-electron chi connectivity index (χ0n) is 14.0. The molecule has 2 heteroatoms. The number of morpholine rings is 1. The fraction of sp³-hybridized carbons (Fsp3) is 1.00. The summed E-state index contributed by atoms with van der Waals surface area (Å²) in [7, 11) is 0. The van der Waals surface area contributed by atoms with Gasteiger partial charge >= 0.3 is 0 Å². The molecule has 0 N–H and O–H groups in total. The minimum absolute atomic E-state index is 0.515. The highest BCUT2D eigenvalue weighted by Gasteiger charge is 2.19. The van der Waals surface area contributed by atoms with Crippen LogP contribution in [0.4, 0.5) is 0 Å². The van der Waals surface area contributed by atoms with E-state index >= 15 is 0 Å². The summed E-state index contributed by atoms with van der Waals surface area (Å²) in [6.45, 7) is 9.11. The number of nitrogens with zero attached hydrogens (tertiary/aromatic N) is 1. The summed E-state index contributed by atoms with van der Waals surface area (Å²) < 4.78 is 5.91. The van der Waals surface area contributed by atoms with Gasteiger partial charge in [0.15, 0.2) is 0 Å². The van der Waals surface area contributed by atoms with E-state index in [0.717, 1.165) is 13.2 Å². The lowest BCUT2D eigenvalue weighted by molar-refractivity contribution is -0.0332. The van der Waals surface area contributed by atoms with Crippen LogP contribution in [0.5, 0.6) is 0 Å². The lowest BCUT2D eigenvalue weighted by Gasteiger charge is -2.33. The van der Waals surface area contributed by atoms with Crippen molar-refractivity contribution in [1.29, 1.82) is 0 Å².